The van der Waals surface area contributed by atoms with Crippen molar-refractivity contribution >= 4 is 41.7 Å². The van der Waals surface area contributed by atoms with E-state index in [2.05, 4.69) is 20.5 Å². The van der Waals surface area contributed by atoms with Crippen LogP contribution >= 0.6 is 24.0 Å². The maximum Gasteiger partial charge on any atom is 0.220 e. The number of primary amides is 1. The molecule has 3 rings (SSSR count). The van der Waals surface area contributed by atoms with Crippen LogP contribution in [0.2, 0.25) is 0 Å². The lowest BCUT2D eigenvalue weighted by Gasteiger charge is -2.32. The predicted molar refractivity (Wildman–Crippen MR) is 141 cm³/mol. The van der Waals surface area contributed by atoms with Gasteiger partial charge in [-0.25, -0.2) is 14.4 Å². The first-order valence-electron chi connectivity index (χ1n) is 11.2. The zero-order valence-electron chi connectivity index (χ0n) is 19.3. The van der Waals surface area contributed by atoms with E-state index in [-0.39, 0.29) is 41.6 Å². The van der Waals surface area contributed by atoms with Crippen LogP contribution in [0.15, 0.2) is 41.5 Å². The van der Waals surface area contributed by atoms with Gasteiger partial charge in [0.15, 0.2) is 5.96 Å². The van der Waals surface area contributed by atoms with Crippen molar-refractivity contribution in [3.05, 3.63) is 59.0 Å². The number of guanidine groups is 1. The molecule has 2 heterocycles. The summed E-state index contributed by atoms with van der Waals surface area (Å²) in [5.41, 5.74) is 8.57. The molecule has 33 heavy (non-hydrogen) atoms. The third kappa shape index (κ3) is 7.83. The number of aromatic nitrogens is 1. The summed E-state index contributed by atoms with van der Waals surface area (Å²) in [5, 5.41) is 6.63. The molecule has 0 atom stereocenters. The quantitative estimate of drug-likeness (QED) is 0.259. The Bertz CT molecular complexity index is 946. The zero-order chi connectivity index (χ0) is 22.9. The predicted octanol–water partition coefficient (Wildman–Crippen LogP) is 3.15. The van der Waals surface area contributed by atoms with Gasteiger partial charge in [-0.1, -0.05) is 12.1 Å². The van der Waals surface area contributed by atoms with Gasteiger partial charge in [-0.3, -0.25) is 4.79 Å². The van der Waals surface area contributed by atoms with Crippen LogP contribution in [0.25, 0.3) is 0 Å². The Kier molecular flexibility index (Phi) is 10.8. The number of carbonyl (C=O) groups excluding carboxylic acids is 1. The third-order valence-electron chi connectivity index (χ3n) is 5.81. The molecule has 0 unspecified atom stereocenters. The lowest BCUT2D eigenvalue weighted by molar-refractivity contribution is -0.122. The lowest BCUT2D eigenvalue weighted by Crippen LogP contribution is -2.39. The molecular formula is C24H34FIN6O. The van der Waals surface area contributed by atoms with Gasteiger partial charge in [-0.15, -0.1) is 24.0 Å². The average molecular weight is 568 g/mol. The second-order valence-corrected chi connectivity index (χ2v) is 8.09. The molecule has 1 amide bonds. The van der Waals surface area contributed by atoms with Crippen LogP contribution in [0.4, 0.5) is 10.2 Å². The van der Waals surface area contributed by atoms with Gasteiger partial charge in [0, 0.05) is 43.9 Å². The Morgan fingerprint density at radius 1 is 1.24 bits per heavy atom. The minimum atomic E-state index is -0.215. The van der Waals surface area contributed by atoms with Gasteiger partial charge in [0.05, 0.1) is 6.54 Å². The van der Waals surface area contributed by atoms with E-state index in [1.54, 1.807) is 12.3 Å². The third-order valence-corrected chi connectivity index (χ3v) is 5.81. The first-order valence-corrected chi connectivity index (χ1v) is 11.2. The molecule has 1 aromatic heterocycles. The highest BCUT2D eigenvalue weighted by atomic mass is 127. The van der Waals surface area contributed by atoms with Gasteiger partial charge in [0.1, 0.15) is 11.6 Å². The Morgan fingerprint density at radius 2 is 2.00 bits per heavy atom. The lowest BCUT2D eigenvalue weighted by atomic mass is 9.96. The molecular weight excluding hydrogens is 534 g/mol. The Balaban J connectivity index is 0.00000385. The van der Waals surface area contributed by atoms with E-state index in [0.29, 0.717) is 13.1 Å². The number of hydrogen-bond donors (Lipinski definition) is 3. The normalized spacial score (nSPS) is 14.5. The number of aliphatic imine (C=N–C) groups is 1. The maximum absolute atomic E-state index is 13.3. The van der Waals surface area contributed by atoms with Crippen molar-refractivity contribution < 1.29 is 9.18 Å². The number of piperidine rings is 1. The van der Waals surface area contributed by atoms with Crippen molar-refractivity contribution in [1.29, 1.82) is 0 Å². The number of aryl methyl sites for hydroxylation is 1. The molecule has 1 aliphatic heterocycles. The molecule has 4 N–H and O–H groups in total. The topological polar surface area (TPSA) is 95.6 Å². The van der Waals surface area contributed by atoms with Crippen LogP contribution in [0.1, 0.15) is 36.5 Å². The van der Waals surface area contributed by atoms with Crippen LogP contribution < -0.4 is 21.3 Å². The van der Waals surface area contributed by atoms with E-state index in [1.807, 2.05) is 32.0 Å². The van der Waals surface area contributed by atoms with Crippen molar-refractivity contribution in [3.63, 3.8) is 0 Å². The Hall–Kier alpha value is -2.43. The SMILES string of the molecule is CCNC(=NCc1cccnc1N1CCC(C(N)=O)CC1)NCCc1ccc(F)cc1C.I. The van der Waals surface area contributed by atoms with Gasteiger partial charge in [-0.2, -0.15) is 0 Å². The highest BCUT2D eigenvalue weighted by Crippen LogP contribution is 2.24. The number of anilines is 1. The molecule has 1 aromatic carbocycles. The molecule has 2 aromatic rings. The minimum Gasteiger partial charge on any atom is -0.369 e. The summed E-state index contributed by atoms with van der Waals surface area (Å²) in [5.74, 6) is 1.17. The van der Waals surface area contributed by atoms with Gasteiger partial charge < -0.3 is 21.3 Å². The number of hydrogen-bond acceptors (Lipinski definition) is 4. The van der Waals surface area contributed by atoms with Crippen molar-refractivity contribution in [2.24, 2.45) is 16.6 Å². The molecule has 1 aliphatic rings. The summed E-state index contributed by atoms with van der Waals surface area (Å²) in [6, 6.07) is 8.85. The van der Waals surface area contributed by atoms with Gasteiger partial charge in [0.2, 0.25) is 5.91 Å². The van der Waals surface area contributed by atoms with Crippen LogP contribution in [0.3, 0.4) is 0 Å². The second-order valence-electron chi connectivity index (χ2n) is 8.09. The highest BCUT2D eigenvalue weighted by Gasteiger charge is 2.24. The number of amides is 1. The number of nitrogens with two attached hydrogens (primary N) is 1. The number of pyridine rings is 1. The van der Waals surface area contributed by atoms with E-state index in [0.717, 1.165) is 67.4 Å². The van der Waals surface area contributed by atoms with Crippen LogP contribution in [0, 0.1) is 18.7 Å². The van der Waals surface area contributed by atoms with Crippen molar-refractivity contribution in [1.82, 2.24) is 15.6 Å². The monoisotopic (exact) mass is 568 g/mol. The Labute approximate surface area is 212 Å². The fraction of sp³-hybridized carbons (Fsp3) is 0.458. The first kappa shape index (κ1) is 26.8. The van der Waals surface area contributed by atoms with E-state index < -0.39 is 0 Å². The molecule has 1 saturated heterocycles. The van der Waals surface area contributed by atoms with Crippen molar-refractivity contribution in [2.75, 3.05) is 31.1 Å². The summed E-state index contributed by atoms with van der Waals surface area (Å²) in [4.78, 5) is 23.0. The van der Waals surface area contributed by atoms with E-state index in [4.69, 9.17) is 10.7 Å². The van der Waals surface area contributed by atoms with Gasteiger partial charge >= 0.3 is 0 Å². The number of halogens is 2. The standard InChI is InChI=1S/C24H33FN6O.HI/c1-3-27-24(29-12-8-18-6-7-21(25)15-17(18)2)30-16-20-5-4-11-28-23(20)31-13-9-19(10-14-31)22(26)32;/h4-7,11,15,19H,3,8-10,12-14,16H2,1-2H3,(H2,26,32)(H2,27,29,30);1H. The molecule has 0 spiro atoms. The molecule has 180 valence electrons. The minimum absolute atomic E-state index is 0. The second kappa shape index (κ2) is 13.3. The molecule has 0 aliphatic carbocycles. The highest BCUT2D eigenvalue weighted by molar-refractivity contribution is 14.0. The van der Waals surface area contributed by atoms with Crippen LogP contribution in [0.5, 0.6) is 0 Å². The number of rotatable bonds is 8. The van der Waals surface area contributed by atoms with Crippen LogP contribution in [-0.4, -0.2) is 43.0 Å². The Morgan fingerprint density at radius 3 is 2.67 bits per heavy atom. The molecule has 0 saturated carbocycles. The first-order chi connectivity index (χ1) is 15.5. The summed E-state index contributed by atoms with van der Waals surface area (Å²) >= 11 is 0. The van der Waals surface area contributed by atoms with E-state index in [1.165, 1.54) is 6.07 Å². The summed E-state index contributed by atoms with van der Waals surface area (Å²) in [6.07, 6.45) is 4.07. The number of carbonyl (C=O) groups is 1. The maximum atomic E-state index is 13.3. The van der Waals surface area contributed by atoms with E-state index in [9.17, 15) is 9.18 Å². The number of nitrogens with one attached hydrogen (secondary N) is 2. The zero-order valence-corrected chi connectivity index (χ0v) is 21.6. The summed E-state index contributed by atoms with van der Waals surface area (Å²) < 4.78 is 13.3. The molecule has 0 bridgehead atoms. The smallest absolute Gasteiger partial charge is 0.220 e. The molecule has 7 nitrogen and oxygen atoms in total. The summed E-state index contributed by atoms with van der Waals surface area (Å²) in [6.45, 7) is 7.41. The summed E-state index contributed by atoms with van der Waals surface area (Å²) in [7, 11) is 0. The number of benzene rings is 1. The average Bonchev–Trinajstić information content (AvgIpc) is 2.79. The fourth-order valence-corrected chi connectivity index (χ4v) is 3.98. The van der Waals surface area contributed by atoms with Crippen LogP contribution in [-0.2, 0) is 17.8 Å². The van der Waals surface area contributed by atoms with Gasteiger partial charge in [0.25, 0.3) is 0 Å². The fourth-order valence-electron chi connectivity index (χ4n) is 3.98. The molecule has 0 radical (unpaired) electrons. The molecule has 9 heteroatoms. The van der Waals surface area contributed by atoms with Crippen molar-refractivity contribution in [3.8, 4) is 0 Å². The van der Waals surface area contributed by atoms with Gasteiger partial charge in [-0.05, 0) is 62.4 Å². The van der Waals surface area contributed by atoms with Crippen molar-refractivity contribution in [2.45, 2.75) is 39.7 Å². The molecule has 1 fully saturated rings. The number of nitrogens with zero attached hydrogens (tertiary/aromatic N) is 3. The van der Waals surface area contributed by atoms with E-state index >= 15 is 0 Å². The largest absolute Gasteiger partial charge is 0.369 e.